The van der Waals surface area contributed by atoms with Crippen LogP contribution in [0.3, 0.4) is 0 Å². The number of rotatable bonds is 1. The zero-order valence-corrected chi connectivity index (χ0v) is 9.25. The fourth-order valence-electron chi connectivity index (χ4n) is 2.28. The average Bonchev–Trinajstić information content (AvgIpc) is 2.44. The van der Waals surface area contributed by atoms with E-state index in [1.165, 1.54) is 19.3 Å². The summed E-state index contributed by atoms with van der Waals surface area (Å²) in [4.78, 5) is 2.44. The van der Waals surface area contributed by atoms with Gasteiger partial charge in [-0.05, 0) is 26.7 Å². The van der Waals surface area contributed by atoms with Crippen molar-refractivity contribution in [3.8, 4) is 0 Å². The molecule has 1 nitrogen and oxygen atoms in total. The summed E-state index contributed by atoms with van der Waals surface area (Å²) in [5, 5.41) is 0.819. The van der Waals surface area contributed by atoms with Crippen LogP contribution in [0.4, 0.5) is 0 Å². The van der Waals surface area contributed by atoms with Crippen LogP contribution in [0.5, 0.6) is 0 Å². The molecule has 1 aliphatic carbocycles. The highest BCUT2D eigenvalue weighted by Gasteiger charge is 2.41. The molecule has 1 saturated carbocycles. The first-order valence-electron chi connectivity index (χ1n) is 4.69. The Morgan fingerprint density at radius 2 is 2.25 bits per heavy atom. The van der Waals surface area contributed by atoms with E-state index in [1.807, 2.05) is 11.8 Å². The highest BCUT2D eigenvalue weighted by molar-refractivity contribution is 8.23. The minimum atomic E-state index is 0.595. The lowest BCUT2D eigenvalue weighted by molar-refractivity contribution is 0.287. The Labute approximate surface area is 83.9 Å². The molecule has 2 atom stereocenters. The van der Waals surface area contributed by atoms with Crippen LogP contribution >= 0.6 is 24.0 Å². The molecule has 2 unspecified atom stereocenters. The van der Waals surface area contributed by atoms with E-state index in [-0.39, 0.29) is 0 Å². The molecule has 68 valence electrons. The smallest absolute Gasteiger partial charge is 0.137 e. The molecule has 0 amide bonds. The van der Waals surface area contributed by atoms with E-state index < -0.39 is 0 Å². The van der Waals surface area contributed by atoms with E-state index in [9.17, 15) is 0 Å². The van der Waals surface area contributed by atoms with Gasteiger partial charge in [-0.15, -0.1) is 0 Å². The first-order chi connectivity index (χ1) is 5.70. The molecule has 3 heteroatoms. The van der Waals surface area contributed by atoms with Gasteiger partial charge in [-0.3, -0.25) is 0 Å². The van der Waals surface area contributed by atoms with E-state index in [0.29, 0.717) is 6.04 Å². The van der Waals surface area contributed by atoms with Crippen LogP contribution in [0.2, 0.25) is 0 Å². The van der Waals surface area contributed by atoms with Crippen molar-refractivity contribution in [1.82, 2.24) is 4.90 Å². The van der Waals surface area contributed by atoms with E-state index in [0.717, 1.165) is 15.6 Å². The van der Waals surface area contributed by atoms with E-state index in [1.54, 1.807) is 0 Å². The molecule has 0 N–H and O–H groups in total. The molecule has 0 spiro atoms. The first kappa shape index (κ1) is 8.82. The molecule has 0 aromatic heterocycles. The van der Waals surface area contributed by atoms with Crippen molar-refractivity contribution in [3.05, 3.63) is 0 Å². The Morgan fingerprint density at radius 1 is 1.50 bits per heavy atom. The van der Waals surface area contributed by atoms with Gasteiger partial charge in [0.15, 0.2) is 0 Å². The summed E-state index contributed by atoms with van der Waals surface area (Å²) in [7, 11) is 0. The fourth-order valence-corrected chi connectivity index (χ4v) is 4.43. The summed E-state index contributed by atoms with van der Waals surface area (Å²) in [5.74, 6) is 0. The number of fused-ring (bicyclic) bond motifs is 1. The van der Waals surface area contributed by atoms with Crippen molar-refractivity contribution in [2.24, 2.45) is 0 Å². The minimum absolute atomic E-state index is 0.595. The summed E-state index contributed by atoms with van der Waals surface area (Å²) >= 11 is 7.29. The molecule has 2 rings (SSSR count). The third kappa shape index (κ3) is 1.27. The zero-order chi connectivity index (χ0) is 8.72. The van der Waals surface area contributed by atoms with Crippen molar-refractivity contribution in [3.63, 3.8) is 0 Å². The number of nitrogens with zero attached hydrogens (tertiary/aromatic N) is 1. The molecule has 0 aromatic carbocycles. The van der Waals surface area contributed by atoms with E-state index >= 15 is 0 Å². The Bertz CT molecular complexity index is 203. The van der Waals surface area contributed by atoms with Crippen LogP contribution in [0, 0.1) is 0 Å². The van der Waals surface area contributed by atoms with Crippen LogP contribution in [0.1, 0.15) is 33.1 Å². The lowest BCUT2D eigenvalue weighted by Gasteiger charge is -2.28. The molecule has 12 heavy (non-hydrogen) atoms. The monoisotopic (exact) mass is 201 g/mol. The molecule has 0 bridgehead atoms. The summed E-state index contributed by atoms with van der Waals surface area (Å²) < 4.78 is 1.14. The van der Waals surface area contributed by atoms with Crippen LogP contribution in [0.25, 0.3) is 0 Å². The second-order valence-corrected chi connectivity index (χ2v) is 5.79. The van der Waals surface area contributed by atoms with Crippen molar-refractivity contribution >= 4 is 28.3 Å². The maximum absolute atomic E-state index is 5.36. The molecule has 1 heterocycles. The quantitative estimate of drug-likeness (QED) is 0.600. The Morgan fingerprint density at radius 3 is 2.92 bits per heavy atom. The van der Waals surface area contributed by atoms with Crippen LogP contribution in [0.15, 0.2) is 0 Å². The minimum Gasteiger partial charge on any atom is -0.351 e. The van der Waals surface area contributed by atoms with Gasteiger partial charge in [0.2, 0.25) is 0 Å². The van der Waals surface area contributed by atoms with Gasteiger partial charge in [-0.2, -0.15) is 0 Å². The third-order valence-corrected chi connectivity index (χ3v) is 4.56. The molecular weight excluding hydrogens is 186 g/mol. The standard InChI is InChI=1S/C9H15NS2/c1-6(2)10-7-4-3-5-8(7)12-9(10)11/h6-8H,3-5H2,1-2H3. The van der Waals surface area contributed by atoms with Gasteiger partial charge in [0.25, 0.3) is 0 Å². The molecule has 0 radical (unpaired) electrons. The lowest BCUT2D eigenvalue weighted by atomic mass is 10.2. The average molecular weight is 201 g/mol. The molecule has 2 fully saturated rings. The largest absolute Gasteiger partial charge is 0.351 e. The number of thiocarbonyl (C=S) groups is 1. The molecule has 1 aliphatic heterocycles. The van der Waals surface area contributed by atoms with Crippen molar-refractivity contribution in [2.45, 2.75) is 50.4 Å². The maximum Gasteiger partial charge on any atom is 0.137 e. The van der Waals surface area contributed by atoms with Crippen molar-refractivity contribution < 1.29 is 0 Å². The van der Waals surface area contributed by atoms with E-state index in [4.69, 9.17) is 12.2 Å². The summed E-state index contributed by atoms with van der Waals surface area (Å²) in [6.45, 7) is 4.49. The number of hydrogen-bond donors (Lipinski definition) is 0. The topological polar surface area (TPSA) is 3.24 Å². The molecular formula is C9H15NS2. The normalized spacial score (nSPS) is 34.9. The number of hydrogen-bond acceptors (Lipinski definition) is 2. The Hall–Kier alpha value is 0.240. The second kappa shape index (κ2) is 3.18. The number of thioether (sulfide) groups is 1. The van der Waals surface area contributed by atoms with Crippen LogP contribution in [-0.2, 0) is 0 Å². The van der Waals surface area contributed by atoms with Gasteiger partial charge >= 0.3 is 0 Å². The SMILES string of the molecule is CC(C)N1C(=S)SC2CCCC21. The van der Waals surface area contributed by atoms with Gasteiger partial charge in [0, 0.05) is 17.3 Å². The summed E-state index contributed by atoms with van der Waals surface area (Å²) in [5.41, 5.74) is 0. The lowest BCUT2D eigenvalue weighted by Crippen LogP contribution is -2.38. The Kier molecular flexibility index (Phi) is 2.34. The van der Waals surface area contributed by atoms with Gasteiger partial charge in [-0.1, -0.05) is 30.4 Å². The molecule has 0 aromatic rings. The Balaban J connectivity index is 2.16. The highest BCUT2D eigenvalue weighted by Crippen LogP contribution is 2.42. The van der Waals surface area contributed by atoms with Crippen LogP contribution in [-0.4, -0.2) is 26.6 Å². The predicted octanol–water partition coefficient (Wildman–Crippen LogP) is 2.65. The van der Waals surface area contributed by atoms with Crippen molar-refractivity contribution in [2.75, 3.05) is 0 Å². The first-order valence-corrected chi connectivity index (χ1v) is 5.98. The van der Waals surface area contributed by atoms with Crippen LogP contribution < -0.4 is 0 Å². The van der Waals surface area contributed by atoms with Gasteiger partial charge in [0.1, 0.15) is 4.32 Å². The van der Waals surface area contributed by atoms with E-state index in [2.05, 4.69) is 18.7 Å². The second-order valence-electron chi connectivity index (χ2n) is 3.92. The molecule has 1 saturated heterocycles. The highest BCUT2D eigenvalue weighted by atomic mass is 32.2. The summed E-state index contributed by atoms with van der Waals surface area (Å²) in [6.07, 6.45) is 4.13. The predicted molar refractivity (Wildman–Crippen MR) is 58.6 cm³/mol. The zero-order valence-electron chi connectivity index (χ0n) is 7.62. The van der Waals surface area contributed by atoms with Gasteiger partial charge in [0.05, 0.1) is 0 Å². The van der Waals surface area contributed by atoms with Gasteiger partial charge in [-0.25, -0.2) is 0 Å². The van der Waals surface area contributed by atoms with Gasteiger partial charge < -0.3 is 4.90 Å². The summed E-state index contributed by atoms with van der Waals surface area (Å²) in [6, 6.07) is 1.36. The fraction of sp³-hybridized carbons (Fsp3) is 0.889. The van der Waals surface area contributed by atoms with Crippen molar-refractivity contribution in [1.29, 1.82) is 0 Å². The third-order valence-electron chi connectivity index (χ3n) is 2.79. The maximum atomic E-state index is 5.36. The molecule has 2 aliphatic rings.